The highest BCUT2D eigenvalue weighted by molar-refractivity contribution is 7.89. The summed E-state index contributed by atoms with van der Waals surface area (Å²) in [5.74, 6) is 0.663. The zero-order valence-electron chi connectivity index (χ0n) is 11.6. The number of rotatable bonds is 7. The van der Waals surface area contributed by atoms with E-state index in [9.17, 15) is 12.8 Å². The Balaban J connectivity index is 2.14. The van der Waals surface area contributed by atoms with Crippen molar-refractivity contribution in [3.8, 4) is 5.75 Å². The SMILES string of the molecule is CCOc1cccc2c1CC[C@H]2NS(=O)(=O)CCCF. The topological polar surface area (TPSA) is 55.4 Å². The zero-order valence-corrected chi connectivity index (χ0v) is 12.4. The molecule has 1 aliphatic rings. The summed E-state index contributed by atoms with van der Waals surface area (Å²) in [5.41, 5.74) is 2.05. The molecule has 6 heteroatoms. The van der Waals surface area contributed by atoms with E-state index in [4.69, 9.17) is 4.74 Å². The summed E-state index contributed by atoms with van der Waals surface area (Å²) < 4.78 is 44.0. The maximum Gasteiger partial charge on any atom is 0.212 e. The van der Waals surface area contributed by atoms with Crippen LogP contribution in [0.25, 0.3) is 0 Å². The lowest BCUT2D eigenvalue weighted by Crippen LogP contribution is -2.29. The van der Waals surface area contributed by atoms with E-state index < -0.39 is 16.7 Å². The summed E-state index contributed by atoms with van der Waals surface area (Å²) in [6.45, 7) is 1.89. The second-order valence-corrected chi connectivity index (χ2v) is 6.70. The number of ether oxygens (including phenoxy) is 1. The normalized spacial score (nSPS) is 18.0. The number of sulfonamides is 1. The van der Waals surface area contributed by atoms with E-state index in [1.54, 1.807) is 0 Å². The Bertz CT molecular complexity index is 560. The molecule has 0 aliphatic heterocycles. The second-order valence-electron chi connectivity index (χ2n) is 4.83. The van der Waals surface area contributed by atoms with Gasteiger partial charge in [-0.1, -0.05) is 12.1 Å². The zero-order chi connectivity index (χ0) is 14.6. The summed E-state index contributed by atoms with van der Waals surface area (Å²) in [6.07, 6.45) is 1.55. The summed E-state index contributed by atoms with van der Waals surface area (Å²) in [4.78, 5) is 0. The third-order valence-corrected chi connectivity index (χ3v) is 4.87. The van der Waals surface area contributed by atoms with E-state index in [0.29, 0.717) is 13.0 Å². The fourth-order valence-corrected chi connectivity index (χ4v) is 3.84. The predicted octanol–water partition coefficient (Wildman–Crippen LogP) is 2.35. The lowest BCUT2D eigenvalue weighted by molar-refractivity contribution is 0.337. The minimum atomic E-state index is -3.43. The summed E-state index contributed by atoms with van der Waals surface area (Å²) in [7, 11) is -3.43. The van der Waals surface area contributed by atoms with E-state index in [2.05, 4.69) is 4.72 Å². The average Bonchev–Trinajstić information content (AvgIpc) is 2.81. The van der Waals surface area contributed by atoms with Crippen molar-refractivity contribution in [1.82, 2.24) is 4.72 Å². The Morgan fingerprint density at radius 3 is 2.95 bits per heavy atom. The highest BCUT2D eigenvalue weighted by Gasteiger charge is 2.28. The van der Waals surface area contributed by atoms with Crippen molar-refractivity contribution < 1.29 is 17.5 Å². The first-order chi connectivity index (χ1) is 9.57. The maximum atomic E-state index is 12.1. The van der Waals surface area contributed by atoms with Crippen LogP contribution in [0.2, 0.25) is 0 Å². The predicted molar refractivity (Wildman–Crippen MR) is 76.2 cm³/mol. The Morgan fingerprint density at radius 1 is 1.45 bits per heavy atom. The first kappa shape index (κ1) is 15.3. The molecule has 0 radical (unpaired) electrons. The molecule has 20 heavy (non-hydrogen) atoms. The molecule has 0 aromatic heterocycles. The molecule has 1 atom stereocenters. The van der Waals surface area contributed by atoms with Gasteiger partial charge in [-0.2, -0.15) is 0 Å². The van der Waals surface area contributed by atoms with Crippen molar-refractivity contribution in [1.29, 1.82) is 0 Å². The van der Waals surface area contributed by atoms with Gasteiger partial charge in [-0.25, -0.2) is 13.1 Å². The van der Waals surface area contributed by atoms with Crippen LogP contribution in [0.3, 0.4) is 0 Å². The third-order valence-electron chi connectivity index (χ3n) is 3.40. The van der Waals surface area contributed by atoms with Crippen molar-refractivity contribution in [3.63, 3.8) is 0 Å². The third kappa shape index (κ3) is 3.49. The number of nitrogens with one attached hydrogen (secondary N) is 1. The van der Waals surface area contributed by atoms with Crippen molar-refractivity contribution in [3.05, 3.63) is 29.3 Å². The van der Waals surface area contributed by atoms with Gasteiger partial charge in [0.2, 0.25) is 10.0 Å². The molecule has 0 saturated carbocycles. The van der Waals surface area contributed by atoms with E-state index in [1.807, 2.05) is 25.1 Å². The second kappa shape index (κ2) is 6.54. The molecule has 0 saturated heterocycles. The molecule has 112 valence electrons. The van der Waals surface area contributed by atoms with E-state index in [0.717, 1.165) is 23.3 Å². The van der Waals surface area contributed by atoms with Gasteiger partial charge in [0.1, 0.15) is 5.75 Å². The number of hydrogen-bond donors (Lipinski definition) is 1. The van der Waals surface area contributed by atoms with Crippen LogP contribution in [-0.2, 0) is 16.4 Å². The number of hydrogen-bond acceptors (Lipinski definition) is 3. The Morgan fingerprint density at radius 2 is 2.25 bits per heavy atom. The molecule has 4 nitrogen and oxygen atoms in total. The molecule has 1 aromatic carbocycles. The van der Waals surface area contributed by atoms with Crippen molar-refractivity contribution in [2.75, 3.05) is 19.0 Å². The average molecular weight is 301 g/mol. The van der Waals surface area contributed by atoms with Gasteiger partial charge < -0.3 is 4.74 Å². The largest absolute Gasteiger partial charge is 0.494 e. The molecule has 0 heterocycles. The van der Waals surface area contributed by atoms with Gasteiger partial charge in [0.05, 0.1) is 19.0 Å². The van der Waals surface area contributed by atoms with Crippen molar-refractivity contribution >= 4 is 10.0 Å². The van der Waals surface area contributed by atoms with Gasteiger partial charge in [-0.3, -0.25) is 4.39 Å². The molecular weight excluding hydrogens is 281 g/mol. The molecule has 2 rings (SSSR count). The molecule has 1 aromatic rings. The smallest absolute Gasteiger partial charge is 0.212 e. The standard InChI is InChI=1S/C14H20FNO3S/c1-2-19-14-6-3-5-11-12(14)7-8-13(11)16-20(17,18)10-4-9-15/h3,5-6,13,16H,2,4,7-10H2,1H3/t13-/m1/s1. The molecule has 1 aliphatic carbocycles. The first-order valence-electron chi connectivity index (χ1n) is 6.88. The van der Waals surface area contributed by atoms with E-state index in [-0.39, 0.29) is 18.2 Å². The van der Waals surface area contributed by atoms with Gasteiger partial charge in [0.15, 0.2) is 0 Å². The maximum absolute atomic E-state index is 12.1. The lowest BCUT2D eigenvalue weighted by Gasteiger charge is -2.15. The molecule has 0 unspecified atom stereocenters. The quantitative estimate of drug-likeness (QED) is 0.841. The number of alkyl halides is 1. The highest BCUT2D eigenvalue weighted by Crippen LogP contribution is 2.37. The van der Waals surface area contributed by atoms with Crippen LogP contribution in [0.5, 0.6) is 5.75 Å². The van der Waals surface area contributed by atoms with Crippen LogP contribution in [0.15, 0.2) is 18.2 Å². The summed E-state index contributed by atoms with van der Waals surface area (Å²) in [5, 5.41) is 0. The summed E-state index contributed by atoms with van der Waals surface area (Å²) >= 11 is 0. The van der Waals surface area contributed by atoms with Gasteiger partial charge in [-0.05, 0) is 43.4 Å². The van der Waals surface area contributed by atoms with Gasteiger partial charge in [0.25, 0.3) is 0 Å². The molecule has 0 fully saturated rings. The number of halogens is 1. The minimum Gasteiger partial charge on any atom is -0.494 e. The van der Waals surface area contributed by atoms with Gasteiger partial charge in [0, 0.05) is 6.04 Å². The molecule has 0 spiro atoms. The first-order valence-corrected chi connectivity index (χ1v) is 8.53. The van der Waals surface area contributed by atoms with Crippen LogP contribution >= 0.6 is 0 Å². The monoisotopic (exact) mass is 301 g/mol. The Hall–Kier alpha value is -1.14. The Labute approximate surface area is 119 Å². The summed E-state index contributed by atoms with van der Waals surface area (Å²) in [6, 6.07) is 5.48. The van der Waals surface area contributed by atoms with Crippen LogP contribution in [0.4, 0.5) is 4.39 Å². The van der Waals surface area contributed by atoms with Gasteiger partial charge in [-0.15, -0.1) is 0 Å². The fraction of sp³-hybridized carbons (Fsp3) is 0.571. The highest BCUT2D eigenvalue weighted by atomic mass is 32.2. The molecule has 1 N–H and O–H groups in total. The fourth-order valence-electron chi connectivity index (χ4n) is 2.55. The van der Waals surface area contributed by atoms with Crippen LogP contribution in [-0.4, -0.2) is 27.5 Å². The molecule has 0 amide bonds. The molecular formula is C14H20FNO3S. The van der Waals surface area contributed by atoms with Crippen LogP contribution in [0, 0.1) is 0 Å². The van der Waals surface area contributed by atoms with Crippen molar-refractivity contribution in [2.45, 2.75) is 32.2 Å². The van der Waals surface area contributed by atoms with Crippen LogP contribution in [0.1, 0.15) is 36.9 Å². The van der Waals surface area contributed by atoms with Crippen molar-refractivity contribution in [2.24, 2.45) is 0 Å². The van der Waals surface area contributed by atoms with Gasteiger partial charge >= 0.3 is 0 Å². The van der Waals surface area contributed by atoms with E-state index >= 15 is 0 Å². The Kier molecular flexibility index (Phi) is 4.99. The molecule has 0 bridgehead atoms. The minimum absolute atomic E-state index is 0.0356. The number of fused-ring (bicyclic) bond motifs is 1. The van der Waals surface area contributed by atoms with Crippen LogP contribution < -0.4 is 9.46 Å². The van der Waals surface area contributed by atoms with E-state index in [1.165, 1.54) is 0 Å². The number of benzene rings is 1. The lowest BCUT2D eigenvalue weighted by atomic mass is 10.1.